The summed E-state index contributed by atoms with van der Waals surface area (Å²) in [6, 6.07) is 11.6. The molecule has 0 spiro atoms. The topological polar surface area (TPSA) is 106 Å². The molecule has 1 amide bonds. The van der Waals surface area contributed by atoms with Crippen molar-refractivity contribution in [3.05, 3.63) is 85.0 Å². The number of para-hydroxylation sites is 1. The first-order valence-electron chi connectivity index (χ1n) is 9.82. The summed E-state index contributed by atoms with van der Waals surface area (Å²) in [5.41, 5.74) is -3.02. The van der Waals surface area contributed by atoms with Crippen LogP contribution in [-0.2, 0) is 25.1 Å². The minimum Gasteiger partial charge on any atom is -0.494 e. The summed E-state index contributed by atoms with van der Waals surface area (Å²) in [4.78, 5) is 41.8. The Balaban J connectivity index is 1.96. The molecule has 13 heteroatoms. The molecule has 0 saturated carbocycles. The van der Waals surface area contributed by atoms with Crippen LogP contribution >= 0.6 is 27.7 Å². The zero-order valence-corrected chi connectivity index (χ0v) is 20.7. The van der Waals surface area contributed by atoms with Gasteiger partial charge in [-0.15, -0.1) is 0 Å². The minimum atomic E-state index is -4.70. The van der Waals surface area contributed by atoms with Crippen molar-refractivity contribution >= 4 is 50.0 Å². The third-order valence-electron chi connectivity index (χ3n) is 4.74. The van der Waals surface area contributed by atoms with Crippen LogP contribution in [0.5, 0.6) is 5.88 Å². The second-order valence-corrected chi connectivity index (χ2v) is 9.06. The van der Waals surface area contributed by atoms with Crippen LogP contribution in [0.4, 0.5) is 24.5 Å². The van der Waals surface area contributed by atoms with E-state index < -0.39 is 46.2 Å². The van der Waals surface area contributed by atoms with Gasteiger partial charge in [-0.05, 0) is 30.3 Å². The largest absolute Gasteiger partial charge is 0.494 e. The summed E-state index contributed by atoms with van der Waals surface area (Å²) in [5, 5.41) is 12.6. The second kappa shape index (κ2) is 10.5. The maximum absolute atomic E-state index is 13.4. The number of amides is 1. The fourth-order valence-electron chi connectivity index (χ4n) is 2.98. The Hall–Kier alpha value is -3.32. The van der Waals surface area contributed by atoms with Gasteiger partial charge in [-0.3, -0.25) is 18.7 Å². The Morgan fingerprint density at radius 2 is 1.77 bits per heavy atom. The Morgan fingerprint density at radius 1 is 1.11 bits per heavy atom. The van der Waals surface area contributed by atoms with Crippen molar-refractivity contribution in [2.75, 3.05) is 11.1 Å². The van der Waals surface area contributed by atoms with Crippen LogP contribution < -0.4 is 16.6 Å². The van der Waals surface area contributed by atoms with Crippen LogP contribution in [0, 0.1) is 0 Å². The van der Waals surface area contributed by atoms with Crippen molar-refractivity contribution in [3.63, 3.8) is 0 Å². The summed E-state index contributed by atoms with van der Waals surface area (Å²) in [7, 11) is 2.47. The number of hydrogen-bond acceptors (Lipinski definition) is 6. The van der Waals surface area contributed by atoms with Crippen LogP contribution in [0.2, 0.25) is 0 Å². The molecule has 1 aromatic heterocycles. The van der Waals surface area contributed by atoms with E-state index in [1.54, 1.807) is 30.3 Å². The van der Waals surface area contributed by atoms with Crippen LogP contribution in [0.3, 0.4) is 0 Å². The van der Waals surface area contributed by atoms with Gasteiger partial charge in [0.25, 0.3) is 5.56 Å². The predicted molar refractivity (Wildman–Crippen MR) is 131 cm³/mol. The first kappa shape index (κ1) is 26.3. The highest BCUT2D eigenvalue weighted by molar-refractivity contribution is 9.10. The van der Waals surface area contributed by atoms with E-state index in [0.717, 1.165) is 33.0 Å². The maximum atomic E-state index is 13.4. The minimum absolute atomic E-state index is 0.0908. The highest BCUT2D eigenvalue weighted by Crippen LogP contribution is 2.36. The van der Waals surface area contributed by atoms with E-state index >= 15 is 0 Å². The summed E-state index contributed by atoms with van der Waals surface area (Å²) >= 11 is 3.70. The van der Waals surface area contributed by atoms with Crippen molar-refractivity contribution in [1.29, 1.82) is 0 Å². The number of thioether (sulfide) groups is 1. The Bertz CT molecular complexity index is 1420. The number of aromatic nitrogens is 2. The van der Waals surface area contributed by atoms with Gasteiger partial charge in [0.15, 0.2) is 0 Å². The van der Waals surface area contributed by atoms with Gasteiger partial charge in [-0.25, -0.2) is 9.79 Å². The molecule has 8 nitrogen and oxygen atoms in total. The Kier molecular flexibility index (Phi) is 7.90. The molecule has 0 fully saturated rings. The van der Waals surface area contributed by atoms with Gasteiger partial charge in [-0.1, -0.05) is 45.9 Å². The van der Waals surface area contributed by atoms with Gasteiger partial charge in [0, 0.05) is 18.6 Å². The van der Waals surface area contributed by atoms with Crippen molar-refractivity contribution < 1.29 is 23.1 Å². The summed E-state index contributed by atoms with van der Waals surface area (Å²) in [6.07, 6.45) is -4.70. The van der Waals surface area contributed by atoms with Crippen molar-refractivity contribution in [3.8, 4) is 5.88 Å². The number of halogens is 4. The molecule has 2 aromatic carbocycles. The normalized spacial score (nSPS) is 12.0. The van der Waals surface area contributed by atoms with Crippen molar-refractivity contribution in [2.45, 2.75) is 6.18 Å². The number of aliphatic imine (C=N–C) groups is 1. The lowest BCUT2D eigenvalue weighted by molar-refractivity contribution is -0.137. The molecule has 0 aliphatic heterocycles. The number of alkyl halides is 3. The van der Waals surface area contributed by atoms with Gasteiger partial charge in [0.2, 0.25) is 11.8 Å². The number of nitrogens with one attached hydrogen (secondary N) is 1. The van der Waals surface area contributed by atoms with Crippen molar-refractivity contribution in [2.24, 2.45) is 19.1 Å². The van der Waals surface area contributed by atoms with Gasteiger partial charge in [-0.2, -0.15) is 13.2 Å². The SMILES string of the molecule is Cn1c(O)c(C(=Nc2ccccc2)SCC(=O)Nc2ccc(Br)cc2C(F)(F)F)c(=O)n(C)c1=O. The van der Waals surface area contributed by atoms with Gasteiger partial charge >= 0.3 is 11.9 Å². The molecule has 3 aromatic rings. The molecule has 0 saturated heterocycles. The molecule has 2 N–H and O–H groups in total. The lowest BCUT2D eigenvalue weighted by Gasteiger charge is -2.15. The van der Waals surface area contributed by atoms with Crippen LogP contribution in [0.15, 0.2) is 67.6 Å². The van der Waals surface area contributed by atoms with E-state index in [1.807, 2.05) is 0 Å². The molecule has 0 aliphatic carbocycles. The van der Waals surface area contributed by atoms with Crippen molar-refractivity contribution in [1.82, 2.24) is 9.13 Å². The van der Waals surface area contributed by atoms with Crippen LogP contribution in [-0.4, -0.2) is 30.9 Å². The zero-order valence-electron chi connectivity index (χ0n) is 18.3. The van der Waals surface area contributed by atoms with Crippen LogP contribution in [0.25, 0.3) is 0 Å². The molecule has 1 heterocycles. The Labute approximate surface area is 209 Å². The third kappa shape index (κ3) is 6.03. The van der Waals surface area contributed by atoms with Gasteiger partial charge in [0.1, 0.15) is 10.6 Å². The number of nitrogens with zero attached hydrogens (tertiary/aromatic N) is 3. The highest BCUT2D eigenvalue weighted by atomic mass is 79.9. The van der Waals surface area contributed by atoms with Crippen LogP contribution in [0.1, 0.15) is 11.1 Å². The molecular formula is C22H18BrF3N4O4S. The highest BCUT2D eigenvalue weighted by Gasteiger charge is 2.34. The fraction of sp³-hybridized carbons (Fsp3) is 0.182. The first-order chi connectivity index (χ1) is 16.4. The first-order valence-corrected chi connectivity index (χ1v) is 11.6. The smallest absolute Gasteiger partial charge is 0.418 e. The molecule has 0 unspecified atom stereocenters. The molecule has 3 rings (SSSR count). The molecule has 184 valence electrons. The average Bonchev–Trinajstić information content (AvgIpc) is 2.81. The van der Waals surface area contributed by atoms with Gasteiger partial charge in [0.05, 0.1) is 22.7 Å². The summed E-state index contributed by atoms with van der Waals surface area (Å²) in [5.74, 6) is -1.90. The number of rotatable bonds is 5. The van der Waals surface area contributed by atoms with E-state index in [4.69, 9.17) is 0 Å². The number of aromatic hydroxyl groups is 1. The summed E-state index contributed by atoms with van der Waals surface area (Å²) < 4.78 is 41.9. The molecule has 35 heavy (non-hydrogen) atoms. The lowest BCUT2D eigenvalue weighted by Crippen LogP contribution is -2.39. The quantitative estimate of drug-likeness (QED) is 0.356. The Morgan fingerprint density at radius 3 is 2.40 bits per heavy atom. The number of hydrogen-bond donors (Lipinski definition) is 2. The third-order valence-corrected chi connectivity index (χ3v) is 6.20. The number of anilines is 1. The summed E-state index contributed by atoms with van der Waals surface area (Å²) in [6.45, 7) is 0. The van der Waals surface area contributed by atoms with E-state index in [1.165, 1.54) is 20.2 Å². The molecule has 0 radical (unpaired) electrons. The van der Waals surface area contributed by atoms with E-state index in [0.29, 0.717) is 5.69 Å². The van der Waals surface area contributed by atoms with E-state index in [9.17, 15) is 32.7 Å². The molecular weight excluding hydrogens is 553 g/mol. The maximum Gasteiger partial charge on any atom is 0.418 e. The number of carbonyl (C=O) groups excluding carboxylic acids is 1. The van der Waals surface area contributed by atoms with Gasteiger partial charge < -0.3 is 10.4 Å². The van der Waals surface area contributed by atoms with E-state index in [-0.39, 0.29) is 15.1 Å². The monoisotopic (exact) mass is 570 g/mol. The second-order valence-electron chi connectivity index (χ2n) is 7.18. The molecule has 0 aliphatic rings. The predicted octanol–water partition coefficient (Wildman–Crippen LogP) is 4.02. The zero-order chi connectivity index (χ0) is 25.9. The standard InChI is InChI=1S/C22H18BrF3N4O4S/c1-29-19(32)17(20(33)30(2)21(29)34)18(27-13-6-4-3-5-7-13)35-11-16(31)28-15-9-8-12(23)10-14(15)22(24,25)26/h3-10,32H,11H2,1-2H3,(H,28,31). The molecule has 0 atom stereocenters. The number of carbonyl (C=O) groups is 1. The molecule has 0 bridgehead atoms. The lowest BCUT2D eigenvalue weighted by atomic mass is 10.1. The average molecular weight is 571 g/mol. The number of benzene rings is 2. The van der Waals surface area contributed by atoms with E-state index in [2.05, 4.69) is 26.2 Å². The fourth-order valence-corrected chi connectivity index (χ4v) is 4.17.